The minimum Gasteiger partial charge on any atom is -0.506 e. The van der Waals surface area contributed by atoms with Crippen molar-refractivity contribution in [2.24, 2.45) is 0 Å². The van der Waals surface area contributed by atoms with Gasteiger partial charge >= 0.3 is 16.6 Å². The van der Waals surface area contributed by atoms with E-state index >= 15 is 0 Å². The van der Waals surface area contributed by atoms with Gasteiger partial charge in [-0.1, -0.05) is 30.3 Å². The molecule has 0 N–H and O–H groups in total. The molecule has 0 spiro atoms. The lowest BCUT2D eigenvalue weighted by atomic mass is 10.2. The predicted molar refractivity (Wildman–Crippen MR) is 44.6 cm³/mol. The predicted octanol–water partition coefficient (Wildman–Crippen LogP) is 0.794. The lowest BCUT2D eigenvalue weighted by molar-refractivity contribution is 0.354. The number of benzene rings is 1. The quantitative estimate of drug-likeness (QED) is 0.579. The van der Waals surface area contributed by atoms with Crippen LogP contribution in [0.3, 0.4) is 0 Å². The number of hydrogen-bond acceptors (Lipinski definition) is 1. The highest BCUT2D eigenvalue weighted by Gasteiger charge is 1.87. The molecule has 0 fully saturated rings. The molecule has 0 saturated heterocycles. The minimum atomic E-state index is 0.850. The molecule has 0 aliphatic rings. The summed E-state index contributed by atoms with van der Waals surface area (Å²) in [5, 5.41) is 0. The van der Waals surface area contributed by atoms with Crippen LogP contribution in [-0.2, 0) is 10.2 Å². The highest BCUT2D eigenvalue weighted by Crippen LogP contribution is 1.98. The van der Waals surface area contributed by atoms with Crippen LogP contribution in [0.5, 0.6) is 0 Å². The second kappa shape index (κ2) is 4.52. The van der Waals surface area contributed by atoms with E-state index in [1.54, 1.807) is 0 Å². The van der Waals surface area contributed by atoms with E-state index in [2.05, 4.69) is 24.3 Å². The van der Waals surface area contributed by atoms with Gasteiger partial charge in [-0.2, -0.15) is 0 Å². The van der Waals surface area contributed by atoms with Crippen molar-refractivity contribution in [3.63, 3.8) is 0 Å². The van der Waals surface area contributed by atoms with Gasteiger partial charge in [0.2, 0.25) is 0 Å². The molecule has 0 heterocycles. The topological polar surface area (TPSA) is 9.23 Å². The number of rotatable bonds is 3. The van der Waals surface area contributed by atoms with E-state index in [1.165, 1.54) is 5.56 Å². The van der Waals surface area contributed by atoms with Crippen molar-refractivity contribution in [3.05, 3.63) is 35.9 Å². The highest BCUT2D eigenvalue weighted by molar-refractivity contribution is 5.97. The molecule has 52 valence electrons. The average molecular weight is 150 g/mol. The summed E-state index contributed by atoms with van der Waals surface area (Å²) in [5.41, 5.74) is 1.36. The Morgan fingerprint density at radius 1 is 1.20 bits per heavy atom. The third-order valence-corrected chi connectivity index (χ3v) is 1.85. The van der Waals surface area contributed by atoms with Crippen LogP contribution < -0.4 is 0 Å². The zero-order valence-electron chi connectivity index (χ0n) is 6.21. The lowest BCUT2D eigenvalue weighted by Crippen LogP contribution is -1.94. The molecule has 10 heavy (non-hydrogen) atoms. The number of hydrogen-bond donors (Lipinski definition) is 0. The van der Waals surface area contributed by atoms with Gasteiger partial charge in [0, 0.05) is 6.61 Å². The summed E-state index contributed by atoms with van der Waals surface area (Å²) < 4.78 is 5.08. The molecular formula is C8H11AlO. The highest BCUT2D eigenvalue weighted by atomic mass is 27.1. The van der Waals surface area contributed by atoms with Gasteiger partial charge in [0.25, 0.3) is 0 Å². The average Bonchev–Trinajstić information content (AvgIpc) is 2.03. The standard InChI is InChI=1S/C8H9O.Al.2H/c9-7-6-8-4-2-1-3-5-8;;;/h1-5H,6-7H2;;;/q-1;+1;;. The molecule has 0 saturated carbocycles. The van der Waals surface area contributed by atoms with Gasteiger partial charge in [0.15, 0.2) is 0 Å². The molecule has 0 unspecified atom stereocenters. The molecule has 1 rings (SSSR count). The van der Waals surface area contributed by atoms with E-state index in [1.807, 2.05) is 6.07 Å². The Morgan fingerprint density at radius 3 is 2.50 bits per heavy atom. The SMILES string of the molecule is [AlH2][O]CCc1ccccc1. The van der Waals surface area contributed by atoms with Gasteiger partial charge in [-0.05, 0) is 12.0 Å². The van der Waals surface area contributed by atoms with Gasteiger partial charge < -0.3 is 3.79 Å². The fourth-order valence-corrected chi connectivity index (χ4v) is 1.07. The van der Waals surface area contributed by atoms with Crippen molar-refractivity contribution in [1.82, 2.24) is 0 Å². The Hall–Kier alpha value is -0.288. The molecule has 0 aromatic heterocycles. The van der Waals surface area contributed by atoms with Crippen LogP contribution in [0.1, 0.15) is 5.56 Å². The zero-order valence-corrected chi connectivity index (χ0v) is 8.21. The molecular weight excluding hydrogens is 139 g/mol. The normalized spacial score (nSPS) is 9.60. The van der Waals surface area contributed by atoms with E-state index in [0.29, 0.717) is 0 Å². The van der Waals surface area contributed by atoms with E-state index in [0.717, 1.165) is 29.7 Å². The van der Waals surface area contributed by atoms with Crippen molar-refractivity contribution in [1.29, 1.82) is 0 Å². The van der Waals surface area contributed by atoms with Crippen LogP contribution in [0.4, 0.5) is 0 Å². The minimum absolute atomic E-state index is 0.850. The maximum Gasteiger partial charge on any atom is 0.410 e. The second-order valence-electron chi connectivity index (χ2n) is 2.23. The summed E-state index contributed by atoms with van der Waals surface area (Å²) >= 11 is 0.850. The van der Waals surface area contributed by atoms with Gasteiger partial charge in [-0.25, -0.2) is 0 Å². The molecule has 0 bridgehead atoms. The molecule has 1 nitrogen and oxygen atoms in total. The third kappa shape index (κ3) is 2.53. The van der Waals surface area contributed by atoms with Crippen molar-refractivity contribution < 1.29 is 3.79 Å². The first-order chi connectivity index (χ1) is 4.93. The fourth-order valence-electron chi connectivity index (χ4n) is 0.865. The molecule has 0 amide bonds. The lowest BCUT2D eigenvalue weighted by Gasteiger charge is -1.98. The first-order valence-corrected chi connectivity index (χ1v) is 4.28. The molecule has 1 aromatic rings. The summed E-state index contributed by atoms with van der Waals surface area (Å²) in [5.74, 6) is 0. The van der Waals surface area contributed by atoms with Crippen molar-refractivity contribution >= 4 is 16.6 Å². The van der Waals surface area contributed by atoms with Gasteiger partial charge in [0.05, 0.1) is 0 Å². The Balaban J connectivity index is 2.43. The molecule has 1 aromatic carbocycles. The molecule has 2 heteroatoms. The second-order valence-corrected chi connectivity index (χ2v) is 2.81. The Kier molecular flexibility index (Phi) is 3.53. The smallest absolute Gasteiger partial charge is 0.410 e. The van der Waals surface area contributed by atoms with Crippen LogP contribution >= 0.6 is 0 Å². The maximum atomic E-state index is 5.08. The first kappa shape index (κ1) is 7.82. The van der Waals surface area contributed by atoms with Gasteiger partial charge in [-0.15, -0.1) is 0 Å². The first-order valence-electron chi connectivity index (χ1n) is 3.46. The summed E-state index contributed by atoms with van der Waals surface area (Å²) in [6.45, 7) is 0.871. The van der Waals surface area contributed by atoms with E-state index in [4.69, 9.17) is 3.79 Å². The van der Waals surface area contributed by atoms with Crippen LogP contribution in [0, 0.1) is 0 Å². The van der Waals surface area contributed by atoms with Crippen molar-refractivity contribution in [3.8, 4) is 0 Å². The third-order valence-electron chi connectivity index (χ3n) is 1.44. The van der Waals surface area contributed by atoms with Gasteiger partial charge in [-0.3, -0.25) is 0 Å². The summed E-state index contributed by atoms with van der Waals surface area (Å²) in [6, 6.07) is 10.4. The fraction of sp³-hybridized carbons (Fsp3) is 0.250. The zero-order chi connectivity index (χ0) is 7.23. The summed E-state index contributed by atoms with van der Waals surface area (Å²) in [6.07, 6.45) is 1.05. The molecule has 0 atom stereocenters. The van der Waals surface area contributed by atoms with Crippen LogP contribution in [-0.4, -0.2) is 23.2 Å². The molecule has 0 radical (unpaired) electrons. The van der Waals surface area contributed by atoms with E-state index in [-0.39, 0.29) is 0 Å². The Labute approximate surface area is 69.8 Å². The summed E-state index contributed by atoms with van der Waals surface area (Å²) in [4.78, 5) is 0. The summed E-state index contributed by atoms with van der Waals surface area (Å²) in [7, 11) is 0. The maximum absolute atomic E-state index is 5.08. The largest absolute Gasteiger partial charge is 0.506 e. The van der Waals surface area contributed by atoms with Gasteiger partial charge in [0.1, 0.15) is 0 Å². The Bertz CT molecular complexity index is 174. The molecule has 0 aliphatic heterocycles. The van der Waals surface area contributed by atoms with E-state index in [9.17, 15) is 0 Å². The molecule has 0 aliphatic carbocycles. The van der Waals surface area contributed by atoms with Crippen molar-refractivity contribution in [2.75, 3.05) is 6.61 Å². The van der Waals surface area contributed by atoms with Crippen LogP contribution in [0.15, 0.2) is 30.3 Å². The van der Waals surface area contributed by atoms with E-state index < -0.39 is 0 Å². The van der Waals surface area contributed by atoms with Crippen LogP contribution in [0.2, 0.25) is 0 Å². The Morgan fingerprint density at radius 2 is 1.90 bits per heavy atom. The van der Waals surface area contributed by atoms with Crippen molar-refractivity contribution in [2.45, 2.75) is 6.42 Å². The monoisotopic (exact) mass is 150 g/mol. The van der Waals surface area contributed by atoms with Crippen LogP contribution in [0.25, 0.3) is 0 Å².